The molecule has 0 saturated carbocycles. The number of aryl methyl sites for hydroxylation is 1. The maximum Gasteiger partial charge on any atom is 0.230 e. The Labute approximate surface area is 167 Å². The van der Waals surface area contributed by atoms with Crippen molar-refractivity contribution in [2.45, 2.75) is 13.8 Å². The number of aromatic nitrogens is 1. The van der Waals surface area contributed by atoms with Crippen LogP contribution in [0.1, 0.15) is 28.5 Å². The molecule has 0 aliphatic rings. The van der Waals surface area contributed by atoms with E-state index in [1.807, 2.05) is 55.5 Å². The summed E-state index contributed by atoms with van der Waals surface area (Å²) in [4.78, 5) is 30.8. The summed E-state index contributed by atoms with van der Waals surface area (Å²) in [6.45, 7) is 3.29. The van der Waals surface area contributed by atoms with Crippen LogP contribution < -0.4 is 4.90 Å². The van der Waals surface area contributed by atoms with Crippen molar-refractivity contribution in [3.05, 3.63) is 82.4 Å². The van der Waals surface area contributed by atoms with Gasteiger partial charge >= 0.3 is 0 Å². The fourth-order valence-electron chi connectivity index (χ4n) is 2.72. The zero-order valence-corrected chi connectivity index (χ0v) is 16.2. The average Bonchev–Trinajstić information content (AvgIpc) is 3.14. The van der Waals surface area contributed by atoms with Crippen LogP contribution in [0.3, 0.4) is 0 Å². The number of nitriles is 1. The summed E-state index contributed by atoms with van der Waals surface area (Å²) in [5, 5.41) is 11.7. The Kier molecular flexibility index (Phi) is 5.78. The van der Waals surface area contributed by atoms with Crippen LogP contribution in [0.5, 0.6) is 0 Å². The molecule has 0 bridgehead atoms. The van der Waals surface area contributed by atoms with E-state index in [-0.39, 0.29) is 17.3 Å². The van der Waals surface area contributed by atoms with Gasteiger partial charge in [0.1, 0.15) is 11.6 Å². The number of hydrogen-bond donors (Lipinski definition) is 0. The minimum atomic E-state index is -0.346. The molecule has 28 heavy (non-hydrogen) atoms. The first kappa shape index (κ1) is 19.2. The van der Waals surface area contributed by atoms with Crippen molar-refractivity contribution in [1.29, 1.82) is 5.26 Å². The van der Waals surface area contributed by atoms with Crippen molar-refractivity contribution in [2.75, 3.05) is 4.90 Å². The third kappa shape index (κ3) is 4.05. The molecule has 0 saturated heterocycles. The first-order valence-corrected chi connectivity index (χ1v) is 9.42. The van der Waals surface area contributed by atoms with E-state index in [2.05, 4.69) is 4.98 Å². The summed E-state index contributed by atoms with van der Waals surface area (Å²) >= 11 is 1.27. The number of carbonyl (C=O) groups is 2. The van der Waals surface area contributed by atoms with Gasteiger partial charge in [-0.3, -0.25) is 14.5 Å². The minimum Gasteiger partial charge on any atom is -0.288 e. The minimum absolute atomic E-state index is 0.000219. The maximum atomic E-state index is 12.7. The van der Waals surface area contributed by atoms with E-state index in [1.165, 1.54) is 29.2 Å². The van der Waals surface area contributed by atoms with Gasteiger partial charge in [-0.2, -0.15) is 5.26 Å². The van der Waals surface area contributed by atoms with Gasteiger partial charge in [0.25, 0.3) is 0 Å². The van der Waals surface area contributed by atoms with Crippen molar-refractivity contribution in [3.8, 4) is 6.07 Å². The standard InChI is InChI=1S/C22H17N3O2S/c1-15-8-6-7-11-20(15)21(27)17(13-23)12-18-14-28-22(24-18)25(16(2)26)19-9-4-3-5-10-19/h3-12,14H,1-2H3/b17-12+. The lowest BCUT2D eigenvalue weighted by Crippen LogP contribution is -2.22. The van der Waals surface area contributed by atoms with Crippen LogP contribution >= 0.6 is 11.3 Å². The smallest absolute Gasteiger partial charge is 0.230 e. The second-order valence-electron chi connectivity index (χ2n) is 6.06. The Morgan fingerprint density at radius 1 is 1.11 bits per heavy atom. The van der Waals surface area contributed by atoms with Gasteiger partial charge in [0.15, 0.2) is 5.13 Å². The van der Waals surface area contributed by atoms with Crippen LogP contribution in [0.15, 0.2) is 65.6 Å². The van der Waals surface area contributed by atoms with Gasteiger partial charge in [0, 0.05) is 17.9 Å². The number of nitrogens with zero attached hydrogens (tertiary/aromatic N) is 3. The molecule has 1 aromatic heterocycles. The van der Waals surface area contributed by atoms with Crippen molar-refractivity contribution in [1.82, 2.24) is 4.98 Å². The van der Waals surface area contributed by atoms with E-state index in [0.717, 1.165) is 5.56 Å². The average molecular weight is 387 g/mol. The topological polar surface area (TPSA) is 74.1 Å². The van der Waals surface area contributed by atoms with Crippen LogP contribution in [-0.4, -0.2) is 16.7 Å². The lowest BCUT2D eigenvalue weighted by Gasteiger charge is -2.17. The number of Topliss-reactive ketones (excluding diaryl/α,β-unsaturated/α-hetero) is 1. The molecule has 1 amide bonds. The molecule has 138 valence electrons. The SMILES string of the molecule is CC(=O)N(c1ccccc1)c1nc(/C=C(\C#N)C(=O)c2ccccc2C)cs1. The Bertz CT molecular complexity index is 1090. The number of thiazole rings is 1. The van der Waals surface area contributed by atoms with E-state index in [9.17, 15) is 14.9 Å². The predicted molar refractivity (Wildman–Crippen MR) is 110 cm³/mol. The molecule has 0 aliphatic carbocycles. The number of para-hydroxylation sites is 1. The van der Waals surface area contributed by atoms with Crippen LogP contribution in [-0.2, 0) is 4.79 Å². The molecule has 3 aromatic rings. The Morgan fingerprint density at radius 3 is 2.43 bits per heavy atom. The van der Waals surface area contributed by atoms with Gasteiger partial charge in [0.05, 0.1) is 11.4 Å². The highest BCUT2D eigenvalue weighted by atomic mass is 32.1. The molecule has 3 rings (SSSR count). The monoisotopic (exact) mass is 387 g/mol. The number of rotatable bonds is 5. The highest BCUT2D eigenvalue weighted by Gasteiger charge is 2.19. The lowest BCUT2D eigenvalue weighted by atomic mass is 9.99. The summed E-state index contributed by atoms with van der Waals surface area (Å²) < 4.78 is 0. The molecule has 0 unspecified atom stereocenters. The second-order valence-corrected chi connectivity index (χ2v) is 6.90. The summed E-state index contributed by atoms with van der Waals surface area (Å²) in [6.07, 6.45) is 1.46. The number of allylic oxidation sites excluding steroid dienone is 1. The van der Waals surface area contributed by atoms with Crippen molar-refractivity contribution >= 4 is 39.9 Å². The van der Waals surface area contributed by atoms with E-state index in [1.54, 1.807) is 17.5 Å². The Hall–Kier alpha value is -3.56. The van der Waals surface area contributed by atoms with Crippen LogP contribution in [0.4, 0.5) is 10.8 Å². The van der Waals surface area contributed by atoms with Crippen LogP contribution in [0.2, 0.25) is 0 Å². The number of carbonyl (C=O) groups excluding carboxylic acids is 2. The fraction of sp³-hybridized carbons (Fsp3) is 0.0909. The third-order valence-electron chi connectivity index (χ3n) is 4.08. The summed E-state index contributed by atoms with van der Waals surface area (Å²) in [5.41, 5.74) is 2.46. The molecule has 5 nitrogen and oxygen atoms in total. The zero-order valence-electron chi connectivity index (χ0n) is 15.4. The Morgan fingerprint density at radius 2 is 1.79 bits per heavy atom. The molecule has 0 spiro atoms. The molecular weight excluding hydrogens is 370 g/mol. The number of amides is 1. The quantitative estimate of drug-likeness (QED) is 0.354. The molecule has 6 heteroatoms. The molecule has 0 N–H and O–H groups in total. The number of anilines is 2. The maximum absolute atomic E-state index is 12.7. The van der Waals surface area contributed by atoms with E-state index in [4.69, 9.17) is 0 Å². The largest absolute Gasteiger partial charge is 0.288 e. The van der Waals surface area contributed by atoms with Crippen LogP contribution in [0.25, 0.3) is 6.08 Å². The molecule has 2 aromatic carbocycles. The summed E-state index contributed by atoms with van der Waals surface area (Å²) in [6, 6.07) is 18.3. The molecule has 0 atom stereocenters. The van der Waals surface area contributed by atoms with E-state index in [0.29, 0.717) is 22.1 Å². The molecule has 0 fully saturated rings. The van der Waals surface area contributed by atoms with Crippen molar-refractivity contribution < 1.29 is 9.59 Å². The molecule has 1 heterocycles. The van der Waals surface area contributed by atoms with Gasteiger partial charge in [-0.25, -0.2) is 4.98 Å². The lowest BCUT2D eigenvalue weighted by molar-refractivity contribution is -0.115. The van der Waals surface area contributed by atoms with Gasteiger partial charge in [-0.15, -0.1) is 11.3 Å². The number of hydrogen-bond acceptors (Lipinski definition) is 5. The highest BCUT2D eigenvalue weighted by molar-refractivity contribution is 7.14. The third-order valence-corrected chi connectivity index (χ3v) is 4.92. The summed E-state index contributed by atoms with van der Waals surface area (Å²) in [5.74, 6) is -0.519. The van der Waals surface area contributed by atoms with Gasteiger partial charge < -0.3 is 0 Å². The normalized spacial score (nSPS) is 11.0. The first-order valence-electron chi connectivity index (χ1n) is 8.54. The molecule has 0 radical (unpaired) electrons. The van der Waals surface area contributed by atoms with Crippen molar-refractivity contribution in [2.24, 2.45) is 0 Å². The summed E-state index contributed by atoms with van der Waals surface area (Å²) in [7, 11) is 0. The molecule has 0 aliphatic heterocycles. The zero-order chi connectivity index (χ0) is 20.1. The van der Waals surface area contributed by atoms with Crippen molar-refractivity contribution in [3.63, 3.8) is 0 Å². The van der Waals surface area contributed by atoms with Crippen LogP contribution in [0, 0.1) is 18.3 Å². The van der Waals surface area contributed by atoms with E-state index >= 15 is 0 Å². The van der Waals surface area contributed by atoms with Gasteiger partial charge in [-0.05, 0) is 30.7 Å². The van der Waals surface area contributed by atoms with Gasteiger partial charge in [0.2, 0.25) is 11.7 Å². The Balaban J connectivity index is 1.94. The highest BCUT2D eigenvalue weighted by Crippen LogP contribution is 2.29. The molecular formula is C22H17N3O2S. The van der Waals surface area contributed by atoms with E-state index < -0.39 is 0 Å². The first-order chi connectivity index (χ1) is 13.5. The fourth-order valence-corrected chi connectivity index (χ4v) is 3.56. The number of ketones is 1. The second kappa shape index (κ2) is 8.42. The van der Waals surface area contributed by atoms with Gasteiger partial charge in [-0.1, -0.05) is 42.5 Å². The number of benzene rings is 2. The predicted octanol–water partition coefficient (Wildman–Crippen LogP) is 4.93.